The van der Waals surface area contributed by atoms with Crippen LogP contribution < -0.4 is 5.32 Å². The molecule has 1 amide bonds. The largest absolute Gasteiger partial charge is 0.394 e. The lowest BCUT2D eigenvalue weighted by Crippen LogP contribution is -2.66. The van der Waals surface area contributed by atoms with Gasteiger partial charge in [-0.3, -0.25) is 4.79 Å². The van der Waals surface area contributed by atoms with E-state index in [1.54, 1.807) is 0 Å². The summed E-state index contributed by atoms with van der Waals surface area (Å²) in [7, 11) is 0. The third-order valence-corrected chi connectivity index (χ3v) is 23.6. The minimum atomic E-state index is -1.97. The first-order valence-electron chi connectivity index (χ1n) is 46.4. The zero-order valence-corrected chi connectivity index (χ0v) is 69.8. The van der Waals surface area contributed by atoms with Crippen LogP contribution in [0.25, 0.3) is 0 Å². The topological polar surface area (TPSA) is 307 Å². The molecule has 0 aromatic rings. The lowest BCUT2D eigenvalue weighted by molar-refractivity contribution is -0.379. The molecule has 17 atom stereocenters. The Kier molecular flexibility index (Phi) is 66.0. The smallest absolute Gasteiger partial charge is 0.220 e. The highest BCUT2D eigenvalue weighted by molar-refractivity contribution is 5.76. The molecule has 12 N–H and O–H groups in total. The van der Waals surface area contributed by atoms with E-state index in [4.69, 9.17) is 28.4 Å². The summed E-state index contributed by atoms with van der Waals surface area (Å²) in [5.41, 5.74) is 0. The van der Waals surface area contributed by atoms with Gasteiger partial charge in [-0.25, -0.2) is 0 Å². The second-order valence-corrected chi connectivity index (χ2v) is 33.5. The minimum Gasteiger partial charge on any atom is -0.394 e. The van der Waals surface area contributed by atoms with Gasteiger partial charge in [0.25, 0.3) is 0 Å². The van der Waals surface area contributed by atoms with E-state index in [9.17, 15) is 61.0 Å². The fraction of sp³-hybridized carbons (Fsp3) is 0.967. The van der Waals surface area contributed by atoms with Gasteiger partial charge < -0.3 is 89.9 Å². The summed E-state index contributed by atoms with van der Waals surface area (Å²) in [5, 5.41) is 121. The molecule has 0 spiro atoms. The third kappa shape index (κ3) is 49.4. The van der Waals surface area contributed by atoms with Crippen molar-refractivity contribution in [1.82, 2.24) is 5.32 Å². The Balaban J connectivity index is 1.30. The molecule has 0 radical (unpaired) electrons. The molecule has 109 heavy (non-hydrogen) atoms. The van der Waals surface area contributed by atoms with E-state index in [1.807, 2.05) is 0 Å². The van der Waals surface area contributed by atoms with Crippen LogP contribution in [0.4, 0.5) is 0 Å². The summed E-state index contributed by atoms with van der Waals surface area (Å²) in [5.74, 6) is -0.231. The van der Waals surface area contributed by atoms with Crippen molar-refractivity contribution in [2.45, 2.75) is 529 Å². The molecule has 646 valence electrons. The van der Waals surface area contributed by atoms with Crippen LogP contribution in [0.2, 0.25) is 0 Å². The predicted molar refractivity (Wildman–Crippen MR) is 439 cm³/mol. The number of allylic oxidation sites excluding steroid dienone is 2. The molecule has 19 nitrogen and oxygen atoms in total. The molecule has 0 bridgehead atoms. The molecule has 0 aromatic carbocycles. The predicted octanol–water partition coefficient (Wildman–Crippen LogP) is 17.9. The van der Waals surface area contributed by atoms with Gasteiger partial charge in [-0.1, -0.05) is 392 Å². The summed E-state index contributed by atoms with van der Waals surface area (Å²) in [6, 6.07) is -0.886. The quantitative estimate of drug-likeness (QED) is 0.0199. The van der Waals surface area contributed by atoms with Crippen molar-refractivity contribution in [3.05, 3.63) is 12.2 Å². The zero-order valence-electron chi connectivity index (χ0n) is 69.8. The maximum Gasteiger partial charge on any atom is 0.220 e. The number of hydrogen-bond acceptors (Lipinski definition) is 18. The molecule has 3 heterocycles. The minimum absolute atomic E-state index is 0.231. The lowest BCUT2D eigenvalue weighted by Gasteiger charge is -2.48. The summed E-state index contributed by atoms with van der Waals surface area (Å²) >= 11 is 0. The number of unbranched alkanes of at least 4 members (excludes halogenated alkanes) is 59. The fourth-order valence-electron chi connectivity index (χ4n) is 16.2. The van der Waals surface area contributed by atoms with Crippen molar-refractivity contribution >= 4 is 5.91 Å². The van der Waals surface area contributed by atoms with Gasteiger partial charge in [-0.05, 0) is 38.5 Å². The molecule has 3 fully saturated rings. The highest BCUT2D eigenvalue weighted by Gasteiger charge is 2.54. The average molecular weight is 1560 g/mol. The van der Waals surface area contributed by atoms with Gasteiger partial charge in [0.2, 0.25) is 5.91 Å². The number of aliphatic hydroxyl groups excluding tert-OH is 11. The van der Waals surface area contributed by atoms with Crippen LogP contribution in [-0.2, 0) is 33.2 Å². The van der Waals surface area contributed by atoms with Crippen molar-refractivity contribution < 1.29 is 89.4 Å². The number of rotatable bonds is 77. The Morgan fingerprint density at radius 1 is 0.321 bits per heavy atom. The highest BCUT2D eigenvalue weighted by Crippen LogP contribution is 2.34. The van der Waals surface area contributed by atoms with Crippen LogP contribution in [0.15, 0.2) is 12.2 Å². The number of ether oxygens (including phenoxy) is 6. The van der Waals surface area contributed by atoms with Crippen LogP contribution in [0.1, 0.15) is 425 Å². The molecule has 3 rings (SSSR count). The van der Waals surface area contributed by atoms with Gasteiger partial charge >= 0.3 is 0 Å². The molecule has 0 aliphatic carbocycles. The SMILES string of the molecule is CCCCCCCCCC/C=C\CCCCCCCCCCCCCCCCCCCCCCCCCCCC(=O)NC(COC1OC(CO)C(OC2OC(CO)C(OC3OC(CO)C(O)C(O)C3O)C(O)C2O)C(O)C1O)C(O)CCCCCCCCCCCCCCCCCCCCCCCCCCCCC. The Morgan fingerprint density at radius 2 is 0.578 bits per heavy atom. The van der Waals surface area contributed by atoms with E-state index in [1.165, 1.54) is 347 Å². The van der Waals surface area contributed by atoms with Crippen LogP contribution in [-0.4, -0.2) is 193 Å². The van der Waals surface area contributed by atoms with E-state index in [0.717, 1.165) is 44.9 Å². The van der Waals surface area contributed by atoms with Crippen molar-refractivity contribution in [1.29, 1.82) is 0 Å². The Hall–Kier alpha value is -1.47. The van der Waals surface area contributed by atoms with Crippen molar-refractivity contribution in [3.63, 3.8) is 0 Å². The monoisotopic (exact) mass is 1560 g/mol. The fourth-order valence-corrected chi connectivity index (χ4v) is 16.2. The van der Waals surface area contributed by atoms with E-state index >= 15 is 0 Å². The third-order valence-electron chi connectivity index (χ3n) is 23.6. The summed E-state index contributed by atoms with van der Waals surface area (Å²) < 4.78 is 34.6. The second kappa shape index (κ2) is 70.7. The van der Waals surface area contributed by atoms with E-state index < -0.39 is 124 Å². The average Bonchev–Trinajstić information content (AvgIpc) is 0.760. The van der Waals surface area contributed by atoms with Crippen LogP contribution in [0.3, 0.4) is 0 Å². The van der Waals surface area contributed by atoms with Gasteiger partial charge in [0.05, 0.1) is 38.6 Å². The van der Waals surface area contributed by atoms with Crippen LogP contribution in [0, 0.1) is 0 Å². The highest BCUT2D eigenvalue weighted by atomic mass is 16.8. The molecule has 0 aromatic heterocycles. The standard InChI is InChI=1S/C90H173NO18/c1-3-5-7-9-11-13-15-17-19-21-23-25-27-29-31-32-33-34-35-36-37-38-39-40-42-44-46-48-50-52-54-56-58-60-62-64-66-68-78(96)91-73(74(95)67-65-63-61-59-57-55-53-51-49-47-45-43-41-30-28-26-24-22-20-18-16-14-12-10-8-6-4-2)72-104-88-84(102)81(99)86(76(70-93)106-88)109-90-85(103)82(100)87(77(71-94)107-90)108-89-83(101)80(98)79(97)75(69-92)105-89/h21,23,73-77,79-90,92-95,97-103H,3-20,22,24-72H2,1-2H3,(H,91,96)/b23-21-. The first-order valence-corrected chi connectivity index (χ1v) is 46.4. The second-order valence-electron chi connectivity index (χ2n) is 33.5. The van der Waals surface area contributed by atoms with Crippen LogP contribution in [0.5, 0.6) is 0 Å². The Labute approximate surface area is 665 Å². The molecule has 3 aliphatic heterocycles. The summed E-state index contributed by atoms with van der Waals surface area (Å²) in [4.78, 5) is 13.6. The normalized spacial score (nSPS) is 25.2. The Morgan fingerprint density at radius 3 is 0.890 bits per heavy atom. The number of amides is 1. The first kappa shape index (κ1) is 102. The molecule has 17 unspecified atom stereocenters. The number of aliphatic hydroxyl groups is 11. The number of carbonyl (C=O) groups excluding carboxylic acids is 1. The Bertz CT molecular complexity index is 2010. The molecule has 0 saturated carbocycles. The van der Waals surface area contributed by atoms with Crippen molar-refractivity contribution in [2.75, 3.05) is 26.4 Å². The van der Waals surface area contributed by atoms with E-state index in [-0.39, 0.29) is 18.9 Å². The molecule has 3 saturated heterocycles. The summed E-state index contributed by atoms with van der Waals surface area (Å²) in [6.45, 7) is 1.88. The zero-order chi connectivity index (χ0) is 78.8. The van der Waals surface area contributed by atoms with Gasteiger partial charge in [0.15, 0.2) is 18.9 Å². The van der Waals surface area contributed by atoms with Crippen molar-refractivity contribution in [2.24, 2.45) is 0 Å². The van der Waals surface area contributed by atoms with Gasteiger partial charge in [-0.15, -0.1) is 0 Å². The maximum absolute atomic E-state index is 13.6. The number of carbonyl (C=O) groups is 1. The number of nitrogens with one attached hydrogen (secondary N) is 1. The number of hydrogen-bond donors (Lipinski definition) is 12. The van der Waals surface area contributed by atoms with Gasteiger partial charge in [-0.2, -0.15) is 0 Å². The maximum atomic E-state index is 13.6. The first-order chi connectivity index (χ1) is 53.3. The molecular weight excluding hydrogens is 1380 g/mol. The van der Waals surface area contributed by atoms with Gasteiger partial charge in [0, 0.05) is 6.42 Å². The van der Waals surface area contributed by atoms with Crippen molar-refractivity contribution in [3.8, 4) is 0 Å². The molecule has 19 heteroatoms. The van der Waals surface area contributed by atoms with Gasteiger partial charge in [0.1, 0.15) is 73.2 Å². The van der Waals surface area contributed by atoms with Crippen LogP contribution >= 0.6 is 0 Å². The molecule has 3 aliphatic rings. The summed E-state index contributed by atoms with van der Waals surface area (Å²) in [6.07, 6.45) is 60.5. The van der Waals surface area contributed by atoms with E-state index in [0.29, 0.717) is 12.8 Å². The van der Waals surface area contributed by atoms with E-state index in [2.05, 4.69) is 31.3 Å². The lowest BCUT2D eigenvalue weighted by atomic mass is 9.96. The molecular formula is C90H173NO18.